The van der Waals surface area contributed by atoms with Gasteiger partial charge in [-0.25, -0.2) is 8.78 Å². The number of pyridine rings is 2. The van der Waals surface area contributed by atoms with Gasteiger partial charge in [0.1, 0.15) is 5.97 Å². The number of carbonyl (C=O) groups excluding carboxylic acids is 1. The summed E-state index contributed by atoms with van der Waals surface area (Å²) < 4.78 is 49.0. The molecular formula is C12H9CuF3N2O4S. The largest absolute Gasteiger partial charge is 0.255 e. The summed E-state index contributed by atoms with van der Waals surface area (Å²) >= 11 is 3.26. The maximum atomic E-state index is 10.5. The van der Waals surface area contributed by atoms with Crippen molar-refractivity contribution >= 4 is 14.6 Å². The average molecular weight is 398 g/mol. The van der Waals surface area contributed by atoms with Gasteiger partial charge in [0.25, 0.3) is 6.43 Å². The fourth-order valence-corrected chi connectivity index (χ4v) is 1.03. The number of hydrogen-bond acceptors (Lipinski definition) is 6. The van der Waals surface area contributed by atoms with Crippen molar-refractivity contribution in [1.29, 1.82) is 0 Å². The summed E-state index contributed by atoms with van der Waals surface area (Å²) in [4.78, 5) is 17.2. The maximum absolute atomic E-state index is 10.5. The molecule has 2 aromatic heterocycles. The summed E-state index contributed by atoms with van der Waals surface area (Å²) in [5.41, 5.74) is 1.83. The van der Waals surface area contributed by atoms with Gasteiger partial charge in [0.05, 0.1) is 11.4 Å². The summed E-state index contributed by atoms with van der Waals surface area (Å²) in [7, 11) is -4.60. The Morgan fingerprint density at radius 1 is 1.04 bits per heavy atom. The maximum Gasteiger partial charge on any atom is 0.0886 e. The number of carboxylic acids is 1. The van der Waals surface area contributed by atoms with Crippen LogP contribution in [0.3, 0.4) is 0 Å². The minimum absolute atomic E-state index is 0.915. The molecule has 0 unspecified atom stereocenters. The van der Waals surface area contributed by atoms with Gasteiger partial charge in [-0.15, -0.1) is 0 Å². The summed E-state index contributed by atoms with van der Waals surface area (Å²) in [6.45, 7) is 0. The van der Waals surface area contributed by atoms with Crippen LogP contribution in [0.15, 0.2) is 48.8 Å². The number of alkyl halides is 2. The van der Waals surface area contributed by atoms with E-state index in [4.69, 9.17) is 18.3 Å². The number of carbonyl (C=O) groups is 1. The molecule has 23 heavy (non-hydrogen) atoms. The molecule has 0 amide bonds. The molecule has 0 aliphatic heterocycles. The third-order valence-corrected chi connectivity index (χ3v) is 1.77. The van der Waals surface area contributed by atoms with Gasteiger partial charge in [-0.1, -0.05) is 12.1 Å². The third kappa shape index (κ3) is 13.4. The van der Waals surface area contributed by atoms with Crippen LogP contribution in [-0.2, 0) is 28.3 Å². The fourth-order valence-electron chi connectivity index (χ4n) is 1.03. The Bertz CT molecular complexity index is 642. The van der Waals surface area contributed by atoms with Crippen LogP contribution >= 0.6 is 0 Å². The minimum Gasteiger partial charge on any atom is -0.255 e. The van der Waals surface area contributed by atoms with E-state index in [9.17, 15) is 12.7 Å². The zero-order valence-electron chi connectivity index (χ0n) is 11.1. The Labute approximate surface area is 137 Å². The summed E-state index contributed by atoms with van der Waals surface area (Å²) in [5.74, 6) is -2.32. The second kappa shape index (κ2) is 10.7. The molecule has 2 heterocycles. The van der Waals surface area contributed by atoms with Crippen molar-refractivity contribution in [2.24, 2.45) is 0 Å². The van der Waals surface area contributed by atoms with Crippen LogP contribution in [0.5, 0.6) is 0 Å². The number of aromatic nitrogens is 2. The predicted molar refractivity (Wildman–Crippen MR) is 68.5 cm³/mol. The Morgan fingerprint density at radius 3 is 1.52 bits per heavy atom. The smallest absolute Gasteiger partial charge is 0.0886 e. The molecule has 11 heteroatoms. The SMILES string of the molecule is O=C([O-])C(F)F.O=[S](=O)(F)[Cu+].c1ccc(-c2ccccn2)nc1. The minimum atomic E-state index is -4.60. The van der Waals surface area contributed by atoms with E-state index in [0.717, 1.165) is 11.4 Å². The second-order valence-corrected chi connectivity index (χ2v) is 5.45. The Kier molecular flexibility index (Phi) is 9.79. The van der Waals surface area contributed by atoms with Crippen LogP contribution in [-0.4, -0.2) is 30.8 Å². The molecule has 2 aromatic rings. The molecule has 0 bridgehead atoms. The molecule has 0 N–H and O–H groups in total. The van der Waals surface area contributed by atoms with Crippen LogP contribution in [0, 0.1) is 0 Å². The molecule has 0 aromatic carbocycles. The number of nitrogens with zero attached hydrogens (tertiary/aromatic N) is 2. The molecular weight excluding hydrogens is 389 g/mol. The van der Waals surface area contributed by atoms with Crippen LogP contribution in [0.1, 0.15) is 0 Å². The van der Waals surface area contributed by atoms with E-state index in [2.05, 4.69) is 24.9 Å². The Hall–Kier alpha value is -1.97. The standard InChI is InChI=1S/C10H8N2.C2H2F2O2.Cu.FO2S/c1-3-7-11-9(5-1)10-6-2-4-8-12-10;3-1(4)2(5)6;;1-4(2)3/h1-8H;1H,(H,5,6);;/q;;+1;/p-1. The third-order valence-electron chi connectivity index (χ3n) is 1.77. The average Bonchev–Trinajstić information content (AvgIpc) is 2.48. The molecule has 2 rings (SSSR count). The summed E-state index contributed by atoms with van der Waals surface area (Å²) in [6, 6.07) is 11.6. The van der Waals surface area contributed by atoms with Crippen molar-refractivity contribution < 1.29 is 45.9 Å². The molecule has 0 saturated heterocycles. The summed E-state index contributed by atoms with van der Waals surface area (Å²) in [6.07, 6.45) is 0.193. The first kappa shape index (κ1) is 21.0. The molecule has 0 saturated carbocycles. The fraction of sp³-hybridized carbons (Fsp3) is 0.0833. The molecule has 0 radical (unpaired) electrons. The van der Waals surface area contributed by atoms with Gasteiger partial charge in [0, 0.05) is 12.4 Å². The van der Waals surface area contributed by atoms with Gasteiger partial charge in [0.2, 0.25) is 0 Å². The number of carboxylic acid groups (broad SMARTS) is 1. The van der Waals surface area contributed by atoms with Gasteiger partial charge in [-0.05, 0) is 24.3 Å². The van der Waals surface area contributed by atoms with E-state index in [1.54, 1.807) is 12.4 Å². The van der Waals surface area contributed by atoms with E-state index in [1.165, 1.54) is 0 Å². The molecule has 0 fully saturated rings. The molecule has 6 nitrogen and oxygen atoms in total. The van der Waals surface area contributed by atoms with Gasteiger partial charge >= 0.3 is 35.8 Å². The quantitative estimate of drug-likeness (QED) is 0.551. The Morgan fingerprint density at radius 2 is 1.35 bits per heavy atom. The summed E-state index contributed by atoms with van der Waals surface area (Å²) in [5, 5.41) is 8.84. The van der Waals surface area contributed by atoms with Gasteiger partial charge in [-0.3, -0.25) is 9.97 Å². The van der Waals surface area contributed by atoms with E-state index in [1.807, 2.05) is 36.4 Å². The number of aliphatic carboxylic acids is 1. The van der Waals surface area contributed by atoms with Gasteiger partial charge in [0.15, 0.2) is 0 Å². The van der Waals surface area contributed by atoms with E-state index < -0.39 is 21.0 Å². The number of halogens is 3. The van der Waals surface area contributed by atoms with E-state index >= 15 is 0 Å². The number of hydrogen-bond donors (Lipinski definition) is 0. The van der Waals surface area contributed by atoms with E-state index in [-0.39, 0.29) is 0 Å². The van der Waals surface area contributed by atoms with Crippen LogP contribution in [0.4, 0.5) is 12.7 Å². The molecule has 0 spiro atoms. The Balaban J connectivity index is 0.000000374. The van der Waals surface area contributed by atoms with Crippen molar-refractivity contribution in [2.75, 3.05) is 0 Å². The first-order chi connectivity index (χ1) is 10.6. The van der Waals surface area contributed by atoms with Crippen molar-refractivity contribution in [3.63, 3.8) is 0 Å². The second-order valence-electron chi connectivity index (χ2n) is 3.39. The number of rotatable bonds is 2. The normalized spacial score (nSPS) is 10.0. The topological polar surface area (TPSA) is 100 Å². The van der Waals surface area contributed by atoms with Crippen molar-refractivity contribution in [2.45, 2.75) is 6.43 Å². The zero-order chi connectivity index (χ0) is 17.9. The first-order valence-corrected chi connectivity index (χ1v) is 7.91. The molecule has 0 atom stereocenters. The van der Waals surface area contributed by atoms with Crippen molar-refractivity contribution in [1.82, 2.24) is 9.97 Å². The monoisotopic (exact) mass is 397 g/mol. The zero-order valence-corrected chi connectivity index (χ0v) is 12.8. The van der Waals surface area contributed by atoms with Gasteiger partial charge in [-0.2, -0.15) is 0 Å². The van der Waals surface area contributed by atoms with Crippen LogP contribution in [0.2, 0.25) is 0 Å². The first-order valence-electron chi connectivity index (χ1n) is 5.54. The predicted octanol–water partition coefficient (Wildman–Crippen LogP) is 0.892. The van der Waals surface area contributed by atoms with Crippen molar-refractivity contribution in [3.8, 4) is 11.4 Å². The van der Waals surface area contributed by atoms with Crippen molar-refractivity contribution in [3.05, 3.63) is 48.8 Å². The van der Waals surface area contributed by atoms with Gasteiger partial charge < -0.3 is 9.90 Å². The van der Waals surface area contributed by atoms with Crippen LogP contribution < -0.4 is 5.11 Å². The molecule has 129 valence electrons. The van der Waals surface area contributed by atoms with Crippen LogP contribution in [0.25, 0.3) is 11.4 Å². The molecule has 0 aliphatic rings. The van der Waals surface area contributed by atoms with E-state index in [0.29, 0.717) is 0 Å². The molecule has 0 aliphatic carbocycles.